The highest BCUT2D eigenvalue weighted by molar-refractivity contribution is 6.03. The fourth-order valence-corrected chi connectivity index (χ4v) is 1.83. The molecule has 0 spiro atoms. The number of anilines is 1. The van der Waals surface area contributed by atoms with E-state index in [9.17, 15) is 9.59 Å². The fourth-order valence-electron chi connectivity index (χ4n) is 1.83. The molecule has 1 unspecified atom stereocenters. The Kier molecular flexibility index (Phi) is 7.46. The topological polar surface area (TPSA) is 84.2 Å². The van der Waals surface area contributed by atoms with E-state index in [0.29, 0.717) is 36.7 Å². The van der Waals surface area contributed by atoms with Gasteiger partial charge in [0.05, 0.1) is 11.3 Å². The maximum atomic E-state index is 12.0. The predicted molar refractivity (Wildman–Crippen MR) is 85.1 cm³/mol. The van der Waals surface area contributed by atoms with Gasteiger partial charge in [-0.15, -0.1) is 0 Å². The van der Waals surface area contributed by atoms with Crippen LogP contribution in [0.15, 0.2) is 24.3 Å². The third-order valence-electron chi connectivity index (χ3n) is 3.25. The van der Waals surface area contributed by atoms with Gasteiger partial charge in [-0.2, -0.15) is 0 Å². The third-order valence-corrected chi connectivity index (χ3v) is 3.25. The van der Waals surface area contributed by atoms with Crippen molar-refractivity contribution in [3.05, 3.63) is 29.8 Å². The van der Waals surface area contributed by atoms with Crippen LogP contribution in [0.25, 0.3) is 0 Å². The molecule has 5 heteroatoms. The number of hydrogen-bond acceptors (Lipinski definition) is 3. The van der Waals surface area contributed by atoms with E-state index in [1.807, 2.05) is 13.8 Å². The minimum Gasteiger partial charge on any atom is -0.352 e. The first kappa shape index (κ1) is 17.2. The molecule has 5 nitrogen and oxygen atoms in total. The van der Waals surface area contributed by atoms with E-state index in [1.165, 1.54) is 0 Å². The second-order valence-electron chi connectivity index (χ2n) is 5.23. The van der Waals surface area contributed by atoms with Crippen LogP contribution in [0.4, 0.5) is 5.69 Å². The molecule has 1 aromatic carbocycles. The largest absolute Gasteiger partial charge is 0.352 e. The number of amides is 2. The number of carbonyl (C=O) groups is 2. The van der Waals surface area contributed by atoms with Crippen LogP contribution in [0.2, 0.25) is 0 Å². The zero-order valence-corrected chi connectivity index (χ0v) is 12.8. The molecule has 0 bridgehead atoms. The van der Waals surface area contributed by atoms with Gasteiger partial charge in [-0.25, -0.2) is 0 Å². The predicted octanol–water partition coefficient (Wildman–Crippen LogP) is 2.14. The van der Waals surface area contributed by atoms with Crippen molar-refractivity contribution in [3.8, 4) is 0 Å². The normalized spacial score (nSPS) is 11.8. The molecule has 0 aliphatic rings. The molecule has 1 atom stereocenters. The van der Waals surface area contributed by atoms with E-state index in [2.05, 4.69) is 10.6 Å². The average molecular weight is 291 g/mol. The van der Waals surface area contributed by atoms with Crippen molar-refractivity contribution in [1.29, 1.82) is 0 Å². The Hall–Kier alpha value is -1.88. The van der Waals surface area contributed by atoms with Crippen LogP contribution in [-0.2, 0) is 4.79 Å². The smallest absolute Gasteiger partial charge is 0.253 e. The lowest BCUT2D eigenvalue weighted by molar-refractivity contribution is -0.116. The van der Waals surface area contributed by atoms with Gasteiger partial charge in [-0.1, -0.05) is 26.0 Å². The van der Waals surface area contributed by atoms with Gasteiger partial charge >= 0.3 is 0 Å². The Morgan fingerprint density at radius 2 is 2.00 bits per heavy atom. The van der Waals surface area contributed by atoms with Gasteiger partial charge in [0.25, 0.3) is 5.91 Å². The molecule has 4 N–H and O–H groups in total. The van der Waals surface area contributed by atoms with Gasteiger partial charge in [0.15, 0.2) is 0 Å². The maximum absolute atomic E-state index is 12.0. The molecular formula is C16H25N3O2. The molecule has 0 aliphatic carbocycles. The van der Waals surface area contributed by atoms with Gasteiger partial charge in [0, 0.05) is 13.0 Å². The summed E-state index contributed by atoms with van der Waals surface area (Å²) in [5.74, 6) is 0.0629. The van der Waals surface area contributed by atoms with Crippen LogP contribution in [0.3, 0.4) is 0 Å². The number of nitrogens with one attached hydrogen (secondary N) is 2. The van der Waals surface area contributed by atoms with Crippen molar-refractivity contribution in [2.75, 3.05) is 18.4 Å². The molecular weight excluding hydrogens is 266 g/mol. The lowest BCUT2D eigenvalue weighted by Gasteiger charge is -2.12. The lowest BCUT2D eigenvalue weighted by Crippen LogP contribution is -2.26. The van der Waals surface area contributed by atoms with Crippen LogP contribution in [0.1, 0.15) is 43.5 Å². The van der Waals surface area contributed by atoms with Crippen LogP contribution < -0.4 is 16.4 Å². The zero-order valence-electron chi connectivity index (χ0n) is 12.8. The number of carbonyl (C=O) groups excluding carboxylic acids is 2. The number of benzene rings is 1. The van der Waals surface area contributed by atoms with E-state index < -0.39 is 0 Å². The first-order chi connectivity index (χ1) is 10.1. The summed E-state index contributed by atoms with van der Waals surface area (Å²) >= 11 is 0. The minimum atomic E-state index is -0.164. The highest BCUT2D eigenvalue weighted by Crippen LogP contribution is 2.16. The molecule has 0 fully saturated rings. The van der Waals surface area contributed by atoms with Gasteiger partial charge in [0.2, 0.25) is 5.91 Å². The van der Waals surface area contributed by atoms with E-state index in [4.69, 9.17) is 5.73 Å². The number of rotatable bonds is 8. The second-order valence-corrected chi connectivity index (χ2v) is 5.23. The van der Waals surface area contributed by atoms with Crippen LogP contribution >= 0.6 is 0 Å². The summed E-state index contributed by atoms with van der Waals surface area (Å²) in [5, 5.41) is 5.62. The van der Waals surface area contributed by atoms with Gasteiger partial charge in [0.1, 0.15) is 0 Å². The number of hydrogen-bond donors (Lipinski definition) is 3. The highest BCUT2D eigenvalue weighted by atomic mass is 16.2. The van der Waals surface area contributed by atoms with Crippen molar-refractivity contribution < 1.29 is 9.59 Å². The Bertz CT molecular complexity index is 474. The van der Waals surface area contributed by atoms with E-state index >= 15 is 0 Å². The van der Waals surface area contributed by atoms with Gasteiger partial charge in [-0.05, 0) is 37.4 Å². The third kappa shape index (κ3) is 5.95. The lowest BCUT2D eigenvalue weighted by atomic mass is 10.1. The van der Waals surface area contributed by atoms with Crippen molar-refractivity contribution in [1.82, 2.24) is 5.32 Å². The number of nitrogens with two attached hydrogens (primary N) is 1. The van der Waals surface area contributed by atoms with Gasteiger partial charge < -0.3 is 16.4 Å². The van der Waals surface area contributed by atoms with Crippen molar-refractivity contribution in [3.63, 3.8) is 0 Å². The quantitative estimate of drug-likeness (QED) is 0.686. The molecule has 0 aromatic heterocycles. The van der Waals surface area contributed by atoms with Crippen LogP contribution in [-0.4, -0.2) is 24.9 Å². The summed E-state index contributed by atoms with van der Waals surface area (Å²) in [6.07, 6.45) is 2.02. The van der Waals surface area contributed by atoms with Crippen molar-refractivity contribution in [2.45, 2.75) is 33.1 Å². The summed E-state index contributed by atoms with van der Waals surface area (Å²) in [4.78, 5) is 24.0. The first-order valence-electron chi connectivity index (χ1n) is 7.45. The summed E-state index contributed by atoms with van der Waals surface area (Å²) in [5.41, 5.74) is 6.58. The molecule has 21 heavy (non-hydrogen) atoms. The summed E-state index contributed by atoms with van der Waals surface area (Å²) in [6, 6.07) is 7.04. The molecule has 116 valence electrons. The zero-order chi connectivity index (χ0) is 15.7. The van der Waals surface area contributed by atoms with Crippen molar-refractivity contribution in [2.24, 2.45) is 11.7 Å². The van der Waals surface area contributed by atoms with Crippen LogP contribution in [0.5, 0.6) is 0 Å². The summed E-state index contributed by atoms with van der Waals surface area (Å²) in [6.45, 7) is 5.20. The second kappa shape index (κ2) is 9.13. The van der Waals surface area contributed by atoms with Crippen molar-refractivity contribution >= 4 is 17.5 Å². The summed E-state index contributed by atoms with van der Waals surface area (Å²) < 4.78 is 0. The Morgan fingerprint density at radius 3 is 2.67 bits per heavy atom. The van der Waals surface area contributed by atoms with E-state index in [0.717, 1.165) is 12.8 Å². The van der Waals surface area contributed by atoms with Gasteiger partial charge in [-0.3, -0.25) is 9.59 Å². The number of para-hydroxylation sites is 1. The molecule has 0 saturated heterocycles. The molecule has 2 amide bonds. The Morgan fingerprint density at radius 1 is 1.29 bits per heavy atom. The SMILES string of the molecule is CCCNC(=O)c1ccccc1NC(=O)CCC(C)CN. The first-order valence-corrected chi connectivity index (χ1v) is 7.45. The minimum absolute atomic E-state index is 0.0916. The van der Waals surface area contributed by atoms with E-state index in [1.54, 1.807) is 24.3 Å². The van der Waals surface area contributed by atoms with E-state index in [-0.39, 0.29) is 11.8 Å². The standard InChI is InChI=1S/C16H25N3O2/c1-3-10-18-16(21)13-6-4-5-7-14(13)19-15(20)9-8-12(2)11-17/h4-7,12H,3,8-11,17H2,1-2H3,(H,18,21)(H,19,20). The molecule has 0 heterocycles. The fraction of sp³-hybridized carbons (Fsp3) is 0.500. The van der Waals surface area contributed by atoms with Crippen LogP contribution in [0, 0.1) is 5.92 Å². The Balaban J connectivity index is 2.66. The maximum Gasteiger partial charge on any atom is 0.253 e. The molecule has 1 rings (SSSR count). The molecule has 0 saturated carbocycles. The monoisotopic (exact) mass is 291 g/mol. The highest BCUT2D eigenvalue weighted by Gasteiger charge is 2.13. The molecule has 1 aromatic rings. The Labute approximate surface area is 126 Å². The average Bonchev–Trinajstić information content (AvgIpc) is 2.50. The summed E-state index contributed by atoms with van der Waals surface area (Å²) in [7, 11) is 0. The molecule has 0 radical (unpaired) electrons. The molecule has 0 aliphatic heterocycles.